The Hall–Kier alpha value is -1.09. The number of para-hydroxylation sites is 1. The van der Waals surface area contributed by atoms with Gasteiger partial charge in [-0.15, -0.1) is 0 Å². The fourth-order valence-electron chi connectivity index (χ4n) is 2.37. The number of halogens is 1. The van der Waals surface area contributed by atoms with Crippen molar-refractivity contribution in [3.8, 4) is 0 Å². The average Bonchev–Trinajstić information content (AvgIpc) is 3.09. The van der Waals surface area contributed by atoms with Crippen LogP contribution in [0.3, 0.4) is 0 Å². The minimum absolute atomic E-state index is 0.221. The van der Waals surface area contributed by atoms with E-state index < -0.39 is 6.10 Å². The van der Waals surface area contributed by atoms with Gasteiger partial charge in [-0.05, 0) is 31.7 Å². The van der Waals surface area contributed by atoms with E-state index in [4.69, 9.17) is 0 Å². The predicted octanol–water partition coefficient (Wildman–Crippen LogP) is 3.50. The number of aliphatic hydroxyl groups is 1. The van der Waals surface area contributed by atoms with E-state index in [0.29, 0.717) is 23.2 Å². The van der Waals surface area contributed by atoms with E-state index in [0.717, 1.165) is 19.4 Å². The lowest BCUT2D eigenvalue weighted by atomic mass is 10.1. The highest BCUT2D eigenvalue weighted by Gasteiger charge is 2.32. The van der Waals surface area contributed by atoms with Gasteiger partial charge in [0.05, 0.1) is 11.8 Å². The van der Waals surface area contributed by atoms with Crippen molar-refractivity contribution in [2.24, 2.45) is 5.92 Å². The van der Waals surface area contributed by atoms with Crippen LogP contribution in [-0.2, 0) is 0 Å². The van der Waals surface area contributed by atoms with Crippen molar-refractivity contribution >= 4 is 5.69 Å². The van der Waals surface area contributed by atoms with Crippen LogP contribution >= 0.6 is 0 Å². The van der Waals surface area contributed by atoms with Gasteiger partial charge < -0.3 is 10.0 Å². The van der Waals surface area contributed by atoms with Gasteiger partial charge in [0.25, 0.3) is 0 Å². The van der Waals surface area contributed by atoms with Crippen LogP contribution in [0.5, 0.6) is 0 Å². The molecule has 0 radical (unpaired) electrons. The first-order valence-corrected chi connectivity index (χ1v) is 6.73. The predicted molar refractivity (Wildman–Crippen MR) is 72.2 cm³/mol. The van der Waals surface area contributed by atoms with Gasteiger partial charge in [-0.25, -0.2) is 4.39 Å². The molecule has 0 heterocycles. The molecule has 1 atom stereocenters. The zero-order chi connectivity index (χ0) is 13.3. The summed E-state index contributed by atoms with van der Waals surface area (Å²) in [7, 11) is 0. The van der Waals surface area contributed by atoms with Crippen LogP contribution in [-0.4, -0.2) is 17.7 Å². The van der Waals surface area contributed by atoms with Gasteiger partial charge in [0.1, 0.15) is 5.82 Å². The highest BCUT2D eigenvalue weighted by Crippen LogP contribution is 2.37. The van der Waals surface area contributed by atoms with Crippen molar-refractivity contribution in [3.05, 3.63) is 29.6 Å². The van der Waals surface area contributed by atoms with Gasteiger partial charge in [0, 0.05) is 18.2 Å². The largest absolute Gasteiger partial charge is 0.389 e. The molecule has 2 rings (SSSR count). The van der Waals surface area contributed by atoms with Crippen molar-refractivity contribution in [2.45, 2.75) is 45.8 Å². The van der Waals surface area contributed by atoms with Gasteiger partial charge in [-0.1, -0.05) is 26.0 Å². The number of rotatable bonds is 5. The lowest BCUT2D eigenvalue weighted by molar-refractivity contribution is 0.199. The highest BCUT2D eigenvalue weighted by molar-refractivity contribution is 5.57. The summed E-state index contributed by atoms with van der Waals surface area (Å²) < 4.78 is 14.1. The number of benzene rings is 1. The van der Waals surface area contributed by atoms with E-state index in [2.05, 4.69) is 18.7 Å². The Kier molecular flexibility index (Phi) is 3.91. The molecule has 0 bridgehead atoms. The number of aliphatic hydroxyl groups excluding tert-OH is 1. The maximum absolute atomic E-state index is 14.1. The fourth-order valence-corrected chi connectivity index (χ4v) is 2.37. The van der Waals surface area contributed by atoms with Crippen molar-refractivity contribution in [2.75, 3.05) is 11.4 Å². The van der Waals surface area contributed by atoms with Crippen LogP contribution < -0.4 is 4.90 Å². The molecule has 0 saturated heterocycles. The van der Waals surface area contributed by atoms with Crippen molar-refractivity contribution in [1.29, 1.82) is 0 Å². The van der Waals surface area contributed by atoms with Crippen LogP contribution in [0.1, 0.15) is 45.3 Å². The first-order valence-electron chi connectivity index (χ1n) is 6.73. The van der Waals surface area contributed by atoms with Gasteiger partial charge in [0.15, 0.2) is 0 Å². The lowest BCUT2D eigenvalue weighted by Gasteiger charge is -2.30. The number of nitrogens with zero attached hydrogens (tertiary/aromatic N) is 1. The van der Waals surface area contributed by atoms with Gasteiger partial charge >= 0.3 is 0 Å². The molecule has 1 aromatic rings. The summed E-state index contributed by atoms with van der Waals surface area (Å²) in [5.74, 6) is 0.257. The molecule has 0 spiro atoms. The summed E-state index contributed by atoms with van der Waals surface area (Å²) in [6, 6.07) is 5.42. The molecule has 1 N–H and O–H groups in total. The van der Waals surface area contributed by atoms with E-state index >= 15 is 0 Å². The van der Waals surface area contributed by atoms with Crippen LogP contribution in [0, 0.1) is 11.7 Å². The Labute approximate surface area is 108 Å². The summed E-state index contributed by atoms with van der Waals surface area (Å²) in [6.07, 6.45) is 1.62. The second-order valence-corrected chi connectivity index (χ2v) is 5.63. The third kappa shape index (κ3) is 2.83. The number of hydrogen-bond acceptors (Lipinski definition) is 2. The van der Waals surface area contributed by atoms with E-state index in [1.807, 2.05) is 6.07 Å². The average molecular weight is 251 g/mol. The van der Waals surface area contributed by atoms with Crippen molar-refractivity contribution in [1.82, 2.24) is 0 Å². The SMILES string of the molecule is CC(C)CN(c1c(F)cccc1C(C)O)C1CC1. The van der Waals surface area contributed by atoms with Crippen molar-refractivity contribution in [3.63, 3.8) is 0 Å². The Morgan fingerprint density at radius 3 is 2.50 bits per heavy atom. The van der Waals surface area contributed by atoms with Gasteiger partial charge in [0.2, 0.25) is 0 Å². The third-order valence-electron chi connectivity index (χ3n) is 3.30. The monoisotopic (exact) mass is 251 g/mol. The first-order chi connectivity index (χ1) is 8.50. The quantitative estimate of drug-likeness (QED) is 0.865. The van der Waals surface area contributed by atoms with E-state index in [1.165, 1.54) is 6.07 Å². The molecule has 1 fully saturated rings. The number of hydrogen-bond donors (Lipinski definition) is 1. The van der Waals surface area contributed by atoms with Crippen LogP contribution in [0.15, 0.2) is 18.2 Å². The molecule has 1 aliphatic carbocycles. The minimum Gasteiger partial charge on any atom is -0.389 e. The summed E-state index contributed by atoms with van der Waals surface area (Å²) in [4.78, 5) is 2.14. The zero-order valence-electron chi connectivity index (χ0n) is 11.4. The summed E-state index contributed by atoms with van der Waals surface area (Å²) >= 11 is 0. The molecule has 2 nitrogen and oxygen atoms in total. The van der Waals surface area contributed by atoms with Gasteiger partial charge in [-0.2, -0.15) is 0 Å². The molecule has 0 amide bonds. The lowest BCUT2D eigenvalue weighted by Crippen LogP contribution is -2.31. The maximum atomic E-state index is 14.1. The normalized spacial score (nSPS) is 17.0. The fraction of sp³-hybridized carbons (Fsp3) is 0.600. The second kappa shape index (κ2) is 5.27. The molecule has 1 saturated carbocycles. The van der Waals surface area contributed by atoms with E-state index in [1.54, 1.807) is 13.0 Å². The summed E-state index contributed by atoms with van der Waals surface area (Å²) in [5.41, 5.74) is 1.30. The molecule has 1 unspecified atom stereocenters. The van der Waals surface area contributed by atoms with Gasteiger partial charge in [-0.3, -0.25) is 0 Å². The highest BCUT2D eigenvalue weighted by atomic mass is 19.1. The Morgan fingerprint density at radius 1 is 1.33 bits per heavy atom. The zero-order valence-corrected chi connectivity index (χ0v) is 11.4. The summed E-state index contributed by atoms with van der Waals surface area (Å²) in [5, 5.41) is 9.82. The molecule has 1 aliphatic rings. The smallest absolute Gasteiger partial charge is 0.146 e. The Morgan fingerprint density at radius 2 is 2.00 bits per heavy atom. The molecule has 1 aromatic carbocycles. The topological polar surface area (TPSA) is 23.5 Å². The van der Waals surface area contributed by atoms with E-state index in [9.17, 15) is 9.50 Å². The molecular formula is C15H22FNO. The standard InChI is InChI=1S/C15H22FNO/c1-10(2)9-17(12-7-8-12)15-13(11(3)18)5-4-6-14(15)16/h4-6,10-12,18H,7-9H2,1-3H3. The number of anilines is 1. The van der Waals surface area contributed by atoms with Crippen molar-refractivity contribution < 1.29 is 9.50 Å². The second-order valence-electron chi connectivity index (χ2n) is 5.63. The van der Waals surface area contributed by atoms with Crippen LogP contribution in [0.25, 0.3) is 0 Å². The molecule has 0 aromatic heterocycles. The molecule has 18 heavy (non-hydrogen) atoms. The molecule has 0 aliphatic heterocycles. The molecular weight excluding hydrogens is 229 g/mol. The molecule has 3 heteroatoms. The van der Waals surface area contributed by atoms with E-state index in [-0.39, 0.29) is 5.82 Å². The summed E-state index contributed by atoms with van der Waals surface area (Å²) in [6.45, 7) is 6.81. The van der Waals surface area contributed by atoms with Crippen LogP contribution in [0.4, 0.5) is 10.1 Å². The minimum atomic E-state index is -0.635. The molecule has 100 valence electrons. The maximum Gasteiger partial charge on any atom is 0.146 e. The first kappa shape index (κ1) is 13.3. The Balaban J connectivity index is 2.39. The third-order valence-corrected chi connectivity index (χ3v) is 3.30. The Bertz CT molecular complexity index is 413. The van der Waals surface area contributed by atoms with Crippen LogP contribution in [0.2, 0.25) is 0 Å².